The Kier molecular flexibility index (Phi) is 7.28. The monoisotopic (exact) mass is 390 g/mol. The molecule has 1 heterocycles. The number of methoxy groups -OCH3 is 1. The van der Waals surface area contributed by atoms with Gasteiger partial charge in [-0.3, -0.25) is 9.59 Å². The Hall–Kier alpha value is -2.12. The summed E-state index contributed by atoms with van der Waals surface area (Å²) in [5.74, 6) is 0.830. The zero-order valence-corrected chi connectivity index (χ0v) is 16.4. The van der Waals surface area contributed by atoms with Crippen LogP contribution >= 0.6 is 0 Å². The molecule has 7 nitrogen and oxygen atoms in total. The van der Waals surface area contributed by atoms with E-state index in [9.17, 15) is 14.7 Å². The summed E-state index contributed by atoms with van der Waals surface area (Å²) in [6.07, 6.45) is 3.90. The lowest BCUT2D eigenvalue weighted by molar-refractivity contribution is -0.138. The van der Waals surface area contributed by atoms with E-state index in [1.807, 2.05) is 24.3 Å². The molecule has 0 unspecified atom stereocenters. The van der Waals surface area contributed by atoms with Gasteiger partial charge in [0.25, 0.3) is 0 Å². The fourth-order valence-corrected chi connectivity index (χ4v) is 3.68. The van der Waals surface area contributed by atoms with Crippen molar-refractivity contribution in [3.63, 3.8) is 0 Å². The summed E-state index contributed by atoms with van der Waals surface area (Å²) < 4.78 is 11.1. The Labute approximate surface area is 165 Å². The SMILES string of the molecule is COc1cccc(CNC(=O)C[C@@H]2CC[C@H](NC(=O)C3CCC3)[C@H](CO)O2)c1. The molecular formula is C21H30N2O5. The number of hydrogen-bond donors (Lipinski definition) is 3. The van der Waals surface area contributed by atoms with E-state index >= 15 is 0 Å². The van der Waals surface area contributed by atoms with Crippen molar-refractivity contribution in [2.75, 3.05) is 13.7 Å². The van der Waals surface area contributed by atoms with Gasteiger partial charge in [0.2, 0.25) is 11.8 Å². The van der Waals surface area contributed by atoms with E-state index in [-0.39, 0.29) is 42.9 Å². The molecule has 3 rings (SSSR count). The standard InChI is InChI=1S/C21H30N2O5/c1-27-16-7-2-4-14(10-16)12-22-20(25)11-17-8-9-18(19(13-24)28-17)23-21(26)15-5-3-6-15/h2,4,7,10,15,17-19,24H,3,5-6,8-9,11-13H2,1H3,(H,22,25)(H,23,26)/t17-,18-,19-/m0/s1. The first-order chi connectivity index (χ1) is 13.6. The van der Waals surface area contributed by atoms with E-state index < -0.39 is 6.10 Å². The maximum absolute atomic E-state index is 12.3. The zero-order chi connectivity index (χ0) is 19.9. The number of hydrogen-bond acceptors (Lipinski definition) is 5. The fraction of sp³-hybridized carbons (Fsp3) is 0.619. The second kappa shape index (κ2) is 9.89. The lowest BCUT2D eigenvalue weighted by atomic mass is 9.84. The number of amides is 2. The van der Waals surface area contributed by atoms with Crippen LogP contribution in [-0.4, -0.2) is 48.9 Å². The van der Waals surface area contributed by atoms with Crippen molar-refractivity contribution < 1.29 is 24.2 Å². The van der Waals surface area contributed by atoms with Gasteiger partial charge in [-0.25, -0.2) is 0 Å². The van der Waals surface area contributed by atoms with Crippen molar-refractivity contribution in [1.29, 1.82) is 0 Å². The van der Waals surface area contributed by atoms with Gasteiger partial charge in [0.05, 0.1) is 32.3 Å². The minimum Gasteiger partial charge on any atom is -0.497 e. The molecule has 1 aliphatic carbocycles. The fourth-order valence-electron chi connectivity index (χ4n) is 3.68. The highest BCUT2D eigenvalue weighted by molar-refractivity contribution is 5.79. The highest BCUT2D eigenvalue weighted by atomic mass is 16.5. The maximum Gasteiger partial charge on any atom is 0.223 e. The molecule has 1 aromatic rings. The third-order valence-electron chi connectivity index (χ3n) is 5.64. The van der Waals surface area contributed by atoms with E-state index in [2.05, 4.69) is 10.6 Å². The number of ether oxygens (including phenoxy) is 2. The molecule has 1 aromatic carbocycles. The van der Waals surface area contributed by atoms with Crippen LogP contribution in [0.3, 0.4) is 0 Å². The quantitative estimate of drug-likeness (QED) is 0.625. The highest BCUT2D eigenvalue weighted by Gasteiger charge is 2.35. The molecule has 7 heteroatoms. The van der Waals surface area contributed by atoms with Crippen LogP contribution in [0.2, 0.25) is 0 Å². The topological polar surface area (TPSA) is 96.9 Å². The molecule has 154 valence electrons. The Morgan fingerprint density at radius 3 is 2.75 bits per heavy atom. The minimum absolute atomic E-state index is 0.0628. The van der Waals surface area contributed by atoms with Gasteiger partial charge in [-0.2, -0.15) is 0 Å². The zero-order valence-electron chi connectivity index (χ0n) is 16.4. The number of benzene rings is 1. The normalized spacial score (nSPS) is 24.9. The molecule has 2 aliphatic rings. The molecule has 3 atom stereocenters. The third-order valence-corrected chi connectivity index (χ3v) is 5.64. The molecule has 28 heavy (non-hydrogen) atoms. The number of carbonyl (C=O) groups excluding carboxylic acids is 2. The second-order valence-electron chi connectivity index (χ2n) is 7.63. The lowest BCUT2D eigenvalue weighted by Crippen LogP contribution is -2.53. The molecule has 3 N–H and O–H groups in total. The van der Waals surface area contributed by atoms with Crippen molar-refractivity contribution in [3.05, 3.63) is 29.8 Å². The van der Waals surface area contributed by atoms with Gasteiger partial charge in [-0.15, -0.1) is 0 Å². The van der Waals surface area contributed by atoms with Crippen molar-refractivity contribution in [2.24, 2.45) is 5.92 Å². The summed E-state index contributed by atoms with van der Waals surface area (Å²) in [6.45, 7) is 0.254. The smallest absolute Gasteiger partial charge is 0.223 e. The Morgan fingerprint density at radius 2 is 2.07 bits per heavy atom. The first kappa shape index (κ1) is 20.6. The van der Waals surface area contributed by atoms with E-state index in [4.69, 9.17) is 9.47 Å². The Balaban J connectivity index is 1.43. The van der Waals surface area contributed by atoms with Crippen LogP contribution in [0.25, 0.3) is 0 Å². The number of nitrogens with one attached hydrogen (secondary N) is 2. The van der Waals surface area contributed by atoms with Gasteiger partial charge in [-0.1, -0.05) is 18.6 Å². The molecule has 2 amide bonds. The number of rotatable bonds is 8. The summed E-state index contributed by atoms with van der Waals surface area (Å²) in [7, 11) is 1.61. The van der Waals surface area contributed by atoms with Crippen LogP contribution in [0.1, 0.15) is 44.1 Å². The molecule has 0 bridgehead atoms. The van der Waals surface area contributed by atoms with Crippen LogP contribution in [0.5, 0.6) is 5.75 Å². The van der Waals surface area contributed by atoms with Crippen molar-refractivity contribution >= 4 is 11.8 Å². The number of carbonyl (C=O) groups is 2. The Morgan fingerprint density at radius 1 is 1.25 bits per heavy atom. The molecule has 1 aliphatic heterocycles. The first-order valence-corrected chi connectivity index (χ1v) is 10.1. The molecule has 2 fully saturated rings. The van der Waals surface area contributed by atoms with Crippen molar-refractivity contribution in [3.8, 4) is 5.75 Å². The van der Waals surface area contributed by atoms with Crippen molar-refractivity contribution in [1.82, 2.24) is 10.6 Å². The van der Waals surface area contributed by atoms with Crippen LogP contribution in [0.15, 0.2) is 24.3 Å². The van der Waals surface area contributed by atoms with Gasteiger partial charge in [-0.05, 0) is 43.4 Å². The predicted octanol–water partition coefficient (Wildman–Crippen LogP) is 1.53. The molecule has 0 radical (unpaired) electrons. The van der Waals surface area contributed by atoms with Crippen LogP contribution < -0.4 is 15.4 Å². The summed E-state index contributed by atoms with van der Waals surface area (Å²) in [5.41, 5.74) is 0.962. The summed E-state index contributed by atoms with van der Waals surface area (Å²) >= 11 is 0. The molecule has 1 saturated heterocycles. The average molecular weight is 390 g/mol. The van der Waals surface area contributed by atoms with Gasteiger partial charge in [0.15, 0.2) is 0 Å². The summed E-state index contributed by atoms with van der Waals surface area (Å²) in [4.78, 5) is 24.4. The van der Waals surface area contributed by atoms with Gasteiger partial charge in [0.1, 0.15) is 11.9 Å². The van der Waals surface area contributed by atoms with Gasteiger partial charge < -0.3 is 25.2 Å². The van der Waals surface area contributed by atoms with E-state index in [1.165, 1.54) is 0 Å². The second-order valence-corrected chi connectivity index (χ2v) is 7.63. The maximum atomic E-state index is 12.3. The predicted molar refractivity (Wildman–Crippen MR) is 104 cm³/mol. The average Bonchev–Trinajstić information content (AvgIpc) is 2.66. The van der Waals surface area contributed by atoms with Crippen LogP contribution in [-0.2, 0) is 20.9 Å². The largest absolute Gasteiger partial charge is 0.497 e. The van der Waals surface area contributed by atoms with Crippen LogP contribution in [0, 0.1) is 5.92 Å². The first-order valence-electron chi connectivity index (χ1n) is 10.1. The minimum atomic E-state index is -0.464. The Bertz CT molecular complexity index is 677. The molecular weight excluding hydrogens is 360 g/mol. The molecule has 1 saturated carbocycles. The van der Waals surface area contributed by atoms with E-state index in [0.717, 1.165) is 30.6 Å². The van der Waals surface area contributed by atoms with Gasteiger partial charge >= 0.3 is 0 Å². The number of aliphatic hydroxyl groups excluding tert-OH is 1. The van der Waals surface area contributed by atoms with Gasteiger partial charge in [0, 0.05) is 12.5 Å². The summed E-state index contributed by atoms with van der Waals surface area (Å²) in [5, 5.41) is 15.6. The van der Waals surface area contributed by atoms with E-state index in [0.29, 0.717) is 19.4 Å². The van der Waals surface area contributed by atoms with Crippen molar-refractivity contribution in [2.45, 2.75) is 63.3 Å². The number of aliphatic hydroxyl groups is 1. The molecule has 0 aromatic heterocycles. The third kappa shape index (κ3) is 5.45. The molecule has 0 spiro atoms. The highest BCUT2D eigenvalue weighted by Crippen LogP contribution is 2.28. The van der Waals surface area contributed by atoms with E-state index in [1.54, 1.807) is 7.11 Å². The van der Waals surface area contributed by atoms with Crippen LogP contribution in [0.4, 0.5) is 0 Å². The lowest BCUT2D eigenvalue weighted by Gasteiger charge is -2.37. The summed E-state index contributed by atoms with van der Waals surface area (Å²) in [6, 6.07) is 7.37.